The molecule has 0 spiro atoms. The highest BCUT2D eigenvalue weighted by Crippen LogP contribution is 2.60. The number of ether oxygens (including phenoxy) is 2. The summed E-state index contributed by atoms with van der Waals surface area (Å²) in [6, 6.07) is 10.7. The minimum Gasteiger partial charge on any atom is -0.494 e. The average Bonchev–Trinajstić information content (AvgIpc) is 3.03. The lowest BCUT2D eigenvalue weighted by atomic mass is 9.93. The van der Waals surface area contributed by atoms with Gasteiger partial charge in [-0.3, -0.25) is 0 Å². The molecule has 0 amide bonds. The van der Waals surface area contributed by atoms with E-state index >= 15 is 0 Å². The van der Waals surface area contributed by atoms with Gasteiger partial charge in [0.2, 0.25) is 0 Å². The molecule has 0 saturated carbocycles. The molecule has 0 heterocycles. The molecule has 17 heteroatoms. The third kappa shape index (κ3) is 10.8. The fraction of sp³-hybridized carbons (Fsp3) is 0.606. The molecule has 0 bridgehead atoms. The van der Waals surface area contributed by atoms with Gasteiger partial charge in [0.05, 0.1) is 12.2 Å². The third-order valence-electron chi connectivity index (χ3n) is 7.57. The minimum atomic E-state index is -7.93. The molecular formula is C33H37F13O3S. The van der Waals surface area contributed by atoms with Crippen molar-refractivity contribution in [1.82, 2.24) is 0 Å². The number of benzene rings is 2. The molecule has 2 aromatic carbocycles. The molecule has 0 radical (unpaired) electrons. The monoisotopic (exact) mass is 760 g/mol. The molecule has 284 valence electrons. The largest absolute Gasteiger partial charge is 0.494 e. The van der Waals surface area contributed by atoms with Crippen molar-refractivity contribution in [2.45, 2.75) is 118 Å². The Morgan fingerprint density at radius 2 is 1.04 bits per heavy atom. The van der Waals surface area contributed by atoms with Crippen LogP contribution in [0, 0.1) is 0 Å². The predicted molar refractivity (Wildman–Crippen MR) is 161 cm³/mol. The first-order valence-electron chi connectivity index (χ1n) is 15.8. The SMILES string of the molecule is CCCCCCCCCCCCOc1ccc(OC(=O)c2ccc(SCCC(F)(F)C(F)(F)C(F)(F)C(F)(F)C(F)(F)C(F)(F)F)cc2)cc1. The molecule has 3 nitrogen and oxygen atoms in total. The second-order valence-corrected chi connectivity index (χ2v) is 12.7. The van der Waals surface area contributed by atoms with E-state index in [9.17, 15) is 61.9 Å². The van der Waals surface area contributed by atoms with Crippen LogP contribution in [0.2, 0.25) is 0 Å². The molecule has 50 heavy (non-hydrogen) atoms. The van der Waals surface area contributed by atoms with Crippen molar-refractivity contribution in [2.75, 3.05) is 12.4 Å². The maximum atomic E-state index is 14.0. The summed E-state index contributed by atoms with van der Waals surface area (Å²) in [7, 11) is 0. The van der Waals surface area contributed by atoms with Gasteiger partial charge >= 0.3 is 41.8 Å². The Morgan fingerprint density at radius 1 is 0.580 bits per heavy atom. The van der Waals surface area contributed by atoms with Gasteiger partial charge < -0.3 is 9.47 Å². The Kier molecular flexibility index (Phi) is 15.7. The van der Waals surface area contributed by atoms with Crippen molar-refractivity contribution in [3.8, 4) is 11.5 Å². The number of alkyl halides is 13. The van der Waals surface area contributed by atoms with Gasteiger partial charge in [0.1, 0.15) is 11.5 Å². The Bertz CT molecular complexity index is 1320. The number of hydrogen-bond donors (Lipinski definition) is 0. The zero-order chi connectivity index (χ0) is 37.9. The molecule has 2 rings (SSSR count). The summed E-state index contributed by atoms with van der Waals surface area (Å²) < 4.78 is 183. The standard InChI is InChI=1S/C33H37F13O3S/c1-2-3-4-5-6-7-8-9-10-11-21-48-24-14-16-25(17-15-24)49-27(47)23-12-18-26(19-13-23)50-22-20-28(34,35)29(36,37)30(38,39)31(40,41)32(42,43)33(44,45)46/h12-19H,2-11,20-22H2,1H3. The molecule has 0 N–H and O–H groups in total. The van der Waals surface area contributed by atoms with Gasteiger partial charge in [-0.15, -0.1) is 11.8 Å². The van der Waals surface area contributed by atoms with Gasteiger partial charge in [-0.2, -0.15) is 57.1 Å². The molecule has 0 aliphatic rings. The smallest absolute Gasteiger partial charge is 0.460 e. The number of carbonyl (C=O) groups excluding carboxylic acids is 1. The van der Waals surface area contributed by atoms with Crippen LogP contribution >= 0.6 is 11.8 Å². The fourth-order valence-corrected chi connectivity index (χ4v) is 5.42. The number of rotatable bonds is 22. The number of unbranched alkanes of at least 4 members (excludes halogenated alkanes) is 9. The second-order valence-electron chi connectivity index (χ2n) is 11.5. The van der Waals surface area contributed by atoms with Crippen molar-refractivity contribution < 1.29 is 71.3 Å². The van der Waals surface area contributed by atoms with Crippen LogP contribution in [0.1, 0.15) is 87.9 Å². The molecule has 0 aliphatic carbocycles. The molecule has 0 aromatic heterocycles. The van der Waals surface area contributed by atoms with Crippen LogP contribution in [0.3, 0.4) is 0 Å². The molecule has 0 fully saturated rings. The highest BCUT2D eigenvalue weighted by Gasteiger charge is 2.90. The zero-order valence-electron chi connectivity index (χ0n) is 26.9. The van der Waals surface area contributed by atoms with E-state index in [0.29, 0.717) is 24.1 Å². The molecule has 0 aliphatic heterocycles. The van der Waals surface area contributed by atoms with Crippen LogP contribution in [-0.2, 0) is 0 Å². The van der Waals surface area contributed by atoms with E-state index in [-0.39, 0.29) is 16.2 Å². The number of esters is 1. The van der Waals surface area contributed by atoms with Crippen molar-refractivity contribution >= 4 is 17.7 Å². The van der Waals surface area contributed by atoms with Crippen LogP contribution in [-0.4, -0.2) is 54.1 Å². The average molecular weight is 761 g/mol. The number of carbonyl (C=O) groups is 1. The molecule has 0 atom stereocenters. The van der Waals surface area contributed by atoms with Gasteiger partial charge in [0.25, 0.3) is 0 Å². The van der Waals surface area contributed by atoms with Crippen LogP contribution < -0.4 is 9.47 Å². The van der Waals surface area contributed by atoms with E-state index < -0.39 is 53.9 Å². The maximum absolute atomic E-state index is 14.0. The summed E-state index contributed by atoms with van der Waals surface area (Å²) in [6.45, 7) is 2.70. The van der Waals surface area contributed by atoms with E-state index in [1.165, 1.54) is 57.1 Å². The van der Waals surface area contributed by atoms with Gasteiger partial charge in [0.15, 0.2) is 0 Å². The first kappa shape index (κ1) is 43.3. The lowest BCUT2D eigenvalue weighted by Crippen LogP contribution is -2.70. The number of thioether (sulfide) groups is 1. The molecule has 2 aromatic rings. The topological polar surface area (TPSA) is 35.5 Å². The molecule has 0 saturated heterocycles. The summed E-state index contributed by atoms with van der Waals surface area (Å²) in [6.07, 6.45) is 2.04. The normalized spacial score (nSPS) is 13.4. The minimum absolute atomic E-state index is 0.00901. The van der Waals surface area contributed by atoms with Crippen LogP contribution in [0.4, 0.5) is 57.1 Å². The van der Waals surface area contributed by atoms with E-state index in [1.54, 1.807) is 12.1 Å². The van der Waals surface area contributed by atoms with Gasteiger partial charge in [-0.1, -0.05) is 64.7 Å². The maximum Gasteiger partial charge on any atom is 0.460 e. The van der Waals surface area contributed by atoms with Gasteiger partial charge in [-0.05, 0) is 55.0 Å². The summed E-state index contributed by atoms with van der Waals surface area (Å²) >= 11 is 0.293. The first-order valence-corrected chi connectivity index (χ1v) is 16.7. The number of hydrogen-bond acceptors (Lipinski definition) is 4. The van der Waals surface area contributed by atoms with Crippen molar-refractivity contribution in [1.29, 1.82) is 0 Å². The lowest BCUT2D eigenvalue weighted by molar-refractivity contribution is -0.439. The van der Waals surface area contributed by atoms with Crippen LogP contribution in [0.25, 0.3) is 0 Å². The van der Waals surface area contributed by atoms with Crippen LogP contribution in [0.5, 0.6) is 11.5 Å². The summed E-state index contributed by atoms with van der Waals surface area (Å²) in [5, 5.41) is 0. The third-order valence-corrected chi connectivity index (χ3v) is 8.59. The van der Waals surface area contributed by atoms with E-state index in [0.717, 1.165) is 43.5 Å². The van der Waals surface area contributed by atoms with E-state index in [4.69, 9.17) is 9.47 Å². The number of halogens is 13. The Balaban J connectivity index is 1.83. The fourth-order valence-electron chi connectivity index (χ4n) is 4.49. The molecular weight excluding hydrogens is 723 g/mol. The van der Waals surface area contributed by atoms with Crippen molar-refractivity contribution in [3.63, 3.8) is 0 Å². The Labute approximate surface area is 285 Å². The van der Waals surface area contributed by atoms with E-state index in [2.05, 4.69) is 6.92 Å². The van der Waals surface area contributed by atoms with E-state index in [1.807, 2.05) is 0 Å². The second kappa shape index (κ2) is 18.1. The summed E-state index contributed by atoms with van der Waals surface area (Å²) in [5.41, 5.74) is -0.0556. The van der Waals surface area contributed by atoms with Crippen LogP contribution in [0.15, 0.2) is 53.4 Å². The predicted octanol–water partition coefficient (Wildman–Crippen LogP) is 12.4. The first-order chi connectivity index (χ1) is 23.1. The lowest BCUT2D eigenvalue weighted by Gasteiger charge is -2.39. The Morgan fingerprint density at radius 3 is 1.54 bits per heavy atom. The highest BCUT2D eigenvalue weighted by atomic mass is 32.2. The van der Waals surface area contributed by atoms with Gasteiger partial charge in [-0.25, -0.2) is 4.79 Å². The summed E-state index contributed by atoms with van der Waals surface area (Å²) in [5.74, 6) is -38.3. The quantitative estimate of drug-likeness (QED) is 0.0394. The van der Waals surface area contributed by atoms with Crippen molar-refractivity contribution in [3.05, 3.63) is 54.1 Å². The van der Waals surface area contributed by atoms with Crippen molar-refractivity contribution in [2.24, 2.45) is 0 Å². The summed E-state index contributed by atoms with van der Waals surface area (Å²) in [4.78, 5) is 12.5. The zero-order valence-corrected chi connectivity index (χ0v) is 27.7. The highest BCUT2D eigenvalue weighted by molar-refractivity contribution is 7.99. The van der Waals surface area contributed by atoms with Gasteiger partial charge in [0, 0.05) is 17.1 Å². The Hall–Kier alpha value is -2.85. The molecule has 0 unspecified atom stereocenters.